The fourth-order valence-electron chi connectivity index (χ4n) is 3.26. The predicted molar refractivity (Wildman–Crippen MR) is 78.9 cm³/mol. The minimum Gasteiger partial charge on any atom is -0.353 e. The first-order valence-corrected chi connectivity index (χ1v) is 8.22. The zero-order valence-electron chi connectivity index (χ0n) is 11.6. The Hall–Kier alpha value is -0.180. The van der Waals surface area contributed by atoms with Crippen molar-refractivity contribution in [1.82, 2.24) is 5.32 Å². The molecule has 2 aliphatic carbocycles. The summed E-state index contributed by atoms with van der Waals surface area (Å²) < 4.78 is 0. The molecule has 3 heteroatoms. The van der Waals surface area contributed by atoms with Gasteiger partial charge in [-0.05, 0) is 49.2 Å². The van der Waals surface area contributed by atoms with Crippen LogP contribution in [0, 0.1) is 11.3 Å². The normalized spacial score (nSPS) is 24.6. The van der Waals surface area contributed by atoms with E-state index in [-0.39, 0.29) is 11.3 Å². The third-order valence-corrected chi connectivity index (χ3v) is 5.50. The van der Waals surface area contributed by atoms with Crippen LogP contribution in [-0.4, -0.2) is 17.7 Å². The summed E-state index contributed by atoms with van der Waals surface area (Å²) in [4.78, 5) is 12.1. The fourth-order valence-corrected chi connectivity index (χ4v) is 3.68. The molecule has 1 atom stereocenters. The Morgan fingerprint density at radius 2 is 2.00 bits per heavy atom. The molecule has 18 heavy (non-hydrogen) atoms. The van der Waals surface area contributed by atoms with E-state index in [0.29, 0.717) is 12.5 Å². The maximum atomic E-state index is 12.1. The Balaban J connectivity index is 1.80. The second-order valence-electron chi connectivity index (χ2n) is 6.32. The maximum Gasteiger partial charge on any atom is 0.220 e. The van der Waals surface area contributed by atoms with Gasteiger partial charge in [-0.2, -0.15) is 12.6 Å². The number of carbonyl (C=O) groups is 1. The molecule has 0 aromatic rings. The molecule has 0 aromatic heterocycles. The van der Waals surface area contributed by atoms with Crippen molar-refractivity contribution < 1.29 is 4.79 Å². The van der Waals surface area contributed by atoms with Crippen molar-refractivity contribution in [3.05, 3.63) is 0 Å². The monoisotopic (exact) mass is 269 g/mol. The van der Waals surface area contributed by atoms with Crippen molar-refractivity contribution in [3.63, 3.8) is 0 Å². The lowest BCUT2D eigenvalue weighted by atomic mass is 9.83. The molecule has 104 valence electrons. The number of hydrogen-bond acceptors (Lipinski definition) is 2. The number of amides is 1. The molecule has 0 heterocycles. The number of carbonyl (C=O) groups excluding carboxylic acids is 1. The molecule has 0 aromatic carbocycles. The zero-order chi connectivity index (χ0) is 13.0. The second kappa shape index (κ2) is 6.31. The third kappa shape index (κ3) is 3.66. The summed E-state index contributed by atoms with van der Waals surface area (Å²) in [7, 11) is 0. The number of rotatable bonds is 6. The molecule has 2 fully saturated rings. The lowest BCUT2D eigenvalue weighted by Crippen LogP contribution is -2.41. The standard InChI is InChI=1S/C15H27NOS/c1-2-13(12-6-4-3-5-7-12)16-14(17)10-15(11-18)8-9-15/h12-13,18H,2-11H2,1H3,(H,16,17). The van der Waals surface area contributed by atoms with Crippen molar-refractivity contribution in [2.75, 3.05) is 5.75 Å². The van der Waals surface area contributed by atoms with Crippen LogP contribution >= 0.6 is 12.6 Å². The molecule has 2 nitrogen and oxygen atoms in total. The van der Waals surface area contributed by atoms with Crippen molar-refractivity contribution in [1.29, 1.82) is 0 Å². The SMILES string of the molecule is CCC(NC(=O)CC1(CS)CC1)C1CCCCC1. The molecular formula is C15H27NOS. The van der Waals surface area contributed by atoms with Gasteiger partial charge in [-0.3, -0.25) is 4.79 Å². The Labute approximate surface area is 117 Å². The van der Waals surface area contributed by atoms with Gasteiger partial charge < -0.3 is 5.32 Å². The van der Waals surface area contributed by atoms with Gasteiger partial charge in [0.1, 0.15) is 0 Å². The Bertz CT molecular complexity index is 282. The van der Waals surface area contributed by atoms with Crippen LogP contribution < -0.4 is 5.32 Å². The second-order valence-corrected chi connectivity index (χ2v) is 6.63. The van der Waals surface area contributed by atoms with Gasteiger partial charge >= 0.3 is 0 Å². The van der Waals surface area contributed by atoms with Crippen molar-refractivity contribution in [2.24, 2.45) is 11.3 Å². The van der Waals surface area contributed by atoms with Gasteiger partial charge in [0, 0.05) is 12.5 Å². The van der Waals surface area contributed by atoms with E-state index in [2.05, 4.69) is 24.9 Å². The number of nitrogens with one attached hydrogen (secondary N) is 1. The first kappa shape index (κ1) is 14.2. The van der Waals surface area contributed by atoms with E-state index in [0.717, 1.165) is 18.1 Å². The van der Waals surface area contributed by atoms with Crippen LogP contribution in [0.4, 0.5) is 0 Å². The summed E-state index contributed by atoms with van der Waals surface area (Å²) >= 11 is 4.37. The predicted octanol–water partition coefficient (Wildman–Crippen LogP) is 3.56. The van der Waals surface area contributed by atoms with Gasteiger partial charge in [0.05, 0.1) is 0 Å². The van der Waals surface area contributed by atoms with E-state index in [1.165, 1.54) is 44.9 Å². The minimum absolute atomic E-state index is 0.248. The van der Waals surface area contributed by atoms with Crippen molar-refractivity contribution in [2.45, 2.75) is 70.8 Å². The van der Waals surface area contributed by atoms with E-state index in [1.807, 2.05) is 0 Å². The van der Waals surface area contributed by atoms with Crippen LogP contribution in [0.3, 0.4) is 0 Å². The summed E-state index contributed by atoms with van der Waals surface area (Å²) in [5, 5.41) is 3.29. The van der Waals surface area contributed by atoms with Gasteiger partial charge in [-0.1, -0.05) is 26.2 Å². The molecule has 0 aliphatic heterocycles. The highest BCUT2D eigenvalue weighted by Gasteiger charge is 2.43. The lowest BCUT2D eigenvalue weighted by Gasteiger charge is -2.30. The van der Waals surface area contributed by atoms with Crippen LogP contribution in [0.15, 0.2) is 0 Å². The maximum absolute atomic E-state index is 12.1. The largest absolute Gasteiger partial charge is 0.353 e. The van der Waals surface area contributed by atoms with Gasteiger partial charge in [-0.15, -0.1) is 0 Å². The van der Waals surface area contributed by atoms with E-state index < -0.39 is 0 Å². The summed E-state index contributed by atoms with van der Waals surface area (Å²) in [6, 6.07) is 0.411. The summed E-state index contributed by atoms with van der Waals surface area (Å²) in [6.45, 7) is 2.20. The number of hydrogen-bond donors (Lipinski definition) is 2. The summed E-state index contributed by atoms with van der Waals surface area (Å²) in [6.07, 6.45) is 10.8. The molecular weight excluding hydrogens is 242 g/mol. The summed E-state index contributed by atoms with van der Waals surface area (Å²) in [5.74, 6) is 1.85. The van der Waals surface area contributed by atoms with Crippen molar-refractivity contribution in [3.8, 4) is 0 Å². The molecule has 0 radical (unpaired) electrons. The average Bonchev–Trinajstić information content (AvgIpc) is 3.17. The van der Waals surface area contributed by atoms with Crippen LogP contribution in [0.1, 0.15) is 64.7 Å². The molecule has 0 spiro atoms. The smallest absolute Gasteiger partial charge is 0.220 e. The Kier molecular flexibility index (Phi) is 4.99. The van der Waals surface area contributed by atoms with Gasteiger partial charge in [0.25, 0.3) is 0 Å². The topological polar surface area (TPSA) is 29.1 Å². The quantitative estimate of drug-likeness (QED) is 0.709. The Morgan fingerprint density at radius 3 is 2.50 bits per heavy atom. The first-order valence-electron chi connectivity index (χ1n) is 7.59. The summed E-state index contributed by atoms with van der Waals surface area (Å²) in [5.41, 5.74) is 0.248. The highest BCUT2D eigenvalue weighted by molar-refractivity contribution is 7.80. The van der Waals surface area contributed by atoms with Crippen LogP contribution in [0.5, 0.6) is 0 Å². The highest BCUT2D eigenvalue weighted by atomic mass is 32.1. The molecule has 2 saturated carbocycles. The van der Waals surface area contributed by atoms with Crippen molar-refractivity contribution >= 4 is 18.5 Å². The molecule has 0 saturated heterocycles. The molecule has 1 N–H and O–H groups in total. The van der Waals surface area contributed by atoms with Crippen LogP contribution in [-0.2, 0) is 4.79 Å². The minimum atomic E-state index is 0.248. The van der Waals surface area contributed by atoms with E-state index in [4.69, 9.17) is 0 Å². The zero-order valence-corrected chi connectivity index (χ0v) is 12.5. The molecule has 1 unspecified atom stereocenters. The lowest BCUT2D eigenvalue weighted by molar-refractivity contribution is -0.123. The van der Waals surface area contributed by atoms with E-state index in [1.54, 1.807) is 0 Å². The average molecular weight is 269 g/mol. The molecule has 2 aliphatic rings. The van der Waals surface area contributed by atoms with Gasteiger partial charge in [0.2, 0.25) is 5.91 Å². The molecule has 2 rings (SSSR count). The fraction of sp³-hybridized carbons (Fsp3) is 0.933. The van der Waals surface area contributed by atoms with Gasteiger partial charge in [0.15, 0.2) is 0 Å². The van der Waals surface area contributed by atoms with Crippen LogP contribution in [0.25, 0.3) is 0 Å². The van der Waals surface area contributed by atoms with Crippen LogP contribution in [0.2, 0.25) is 0 Å². The highest BCUT2D eigenvalue weighted by Crippen LogP contribution is 2.49. The third-order valence-electron chi connectivity index (χ3n) is 4.83. The molecule has 1 amide bonds. The van der Waals surface area contributed by atoms with E-state index >= 15 is 0 Å². The van der Waals surface area contributed by atoms with E-state index in [9.17, 15) is 4.79 Å². The number of thiol groups is 1. The molecule has 0 bridgehead atoms. The first-order chi connectivity index (χ1) is 8.69. The Morgan fingerprint density at radius 1 is 1.33 bits per heavy atom. The van der Waals surface area contributed by atoms with Gasteiger partial charge in [-0.25, -0.2) is 0 Å².